The molecule has 0 saturated heterocycles. The van der Waals surface area contributed by atoms with Crippen molar-refractivity contribution in [3.63, 3.8) is 0 Å². The molecule has 0 bridgehead atoms. The van der Waals surface area contributed by atoms with E-state index in [4.69, 9.17) is 0 Å². The lowest BCUT2D eigenvalue weighted by Crippen LogP contribution is -2.01. The van der Waals surface area contributed by atoms with Crippen LogP contribution in [0, 0.1) is 32.1 Å². The van der Waals surface area contributed by atoms with E-state index in [-0.39, 0.29) is 0 Å². The van der Waals surface area contributed by atoms with Crippen molar-refractivity contribution in [2.75, 3.05) is 5.32 Å². The number of nitrogens with one attached hydrogen (secondary N) is 1. The lowest BCUT2D eigenvalue weighted by molar-refractivity contribution is 1.11. The van der Waals surface area contributed by atoms with Crippen LogP contribution in [0.3, 0.4) is 0 Å². The molecule has 2 rings (SSSR count). The van der Waals surface area contributed by atoms with Gasteiger partial charge in [-0.25, -0.2) is 0 Å². The minimum absolute atomic E-state index is 0.573. The van der Waals surface area contributed by atoms with E-state index in [1.54, 1.807) is 12.4 Å². The standard InChI is InChI=1S/C14H14N4/c1-9-4-5-16-8-14(9)18-13-6-10(2)17-11(3)12(13)7-15/h4-6,8H,1-3H3,(H,17,18). The van der Waals surface area contributed by atoms with Crippen LogP contribution < -0.4 is 5.32 Å². The zero-order valence-corrected chi connectivity index (χ0v) is 10.7. The smallest absolute Gasteiger partial charge is 0.103 e. The second-order valence-corrected chi connectivity index (χ2v) is 4.20. The zero-order valence-electron chi connectivity index (χ0n) is 10.7. The Bertz CT molecular complexity index is 626. The van der Waals surface area contributed by atoms with E-state index in [1.165, 1.54) is 0 Å². The molecule has 18 heavy (non-hydrogen) atoms. The Morgan fingerprint density at radius 1 is 1.22 bits per heavy atom. The van der Waals surface area contributed by atoms with Crippen LogP contribution >= 0.6 is 0 Å². The van der Waals surface area contributed by atoms with Crippen molar-refractivity contribution in [3.8, 4) is 6.07 Å². The second-order valence-electron chi connectivity index (χ2n) is 4.20. The van der Waals surface area contributed by atoms with Crippen LogP contribution in [0.5, 0.6) is 0 Å². The molecule has 2 aromatic rings. The Labute approximate surface area is 106 Å². The second kappa shape index (κ2) is 4.84. The summed E-state index contributed by atoms with van der Waals surface area (Å²) in [6, 6.07) is 5.98. The van der Waals surface area contributed by atoms with E-state index in [0.29, 0.717) is 5.56 Å². The van der Waals surface area contributed by atoms with Gasteiger partial charge in [-0.1, -0.05) is 0 Å². The Morgan fingerprint density at radius 3 is 2.67 bits per heavy atom. The molecule has 0 spiro atoms. The quantitative estimate of drug-likeness (QED) is 0.873. The first-order valence-corrected chi connectivity index (χ1v) is 5.68. The molecule has 0 atom stereocenters. The van der Waals surface area contributed by atoms with Crippen molar-refractivity contribution in [2.24, 2.45) is 0 Å². The monoisotopic (exact) mass is 238 g/mol. The van der Waals surface area contributed by atoms with Crippen LogP contribution in [0.2, 0.25) is 0 Å². The fraction of sp³-hybridized carbons (Fsp3) is 0.214. The minimum Gasteiger partial charge on any atom is -0.353 e. The number of aryl methyl sites for hydroxylation is 3. The van der Waals surface area contributed by atoms with Crippen molar-refractivity contribution >= 4 is 11.4 Å². The lowest BCUT2D eigenvalue weighted by atomic mass is 10.1. The number of anilines is 2. The molecule has 0 unspecified atom stereocenters. The van der Waals surface area contributed by atoms with Crippen LogP contribution in [-0.4, -0.2) is 9.97 Å². The molecule has 0 aliphatic heterocycles. The van der Waals surface area contributed by atoms with E-state index in [2.05, 4.69) is 21.4 Å². The number of nitrogens with zero attached hydrogens (tertiary/aromatic N) is 3. The summed E-state index contributed by atoms with van der Waals surface area (Å²) in [6.45, 7) is 5.75. The molecule has 2 aromatic heterocycles. The van der Waals surface area contributed by atoms with Crippen molar-refractivity contribution in [1.82, 2.24) is 9.97 Å². The molecule has 2 heterocycles. The molecule has 4 heteroatoms. The van der Waals surface area contributed by atoms with Gasteiger partial charge in [0.2, 0.25) is 0 Å². The van der Waals surface area contributed by atoms with Gasteiger partial charge in [0, 0.05) is 11.9 Å². The van der Waals surface area contributed by atoms with Gasteiger partial charge in [-0.3, -0.25) is 9.97 Å². The van der Waals surface area contributed by atoms with E-state index in [1.807, 2.05) is 32.9 Å². The first-order valence-electron chi connectivity index (χ1n) is 5.68. The van der Waals surface area contributed by atoms with Gasteiger partial charge in [-0.2, -0.15) is 5.26 Å². The topological polar surface area (TPSA) is 61.6 Å². The summed E-state index contributed by atoms with van der Waals surface area (Å²) in [5.74, 6) is 0. The molecule has 0 saturated carbocycles. The predicted octanol–water partition coefficient (Wildman–Crippen LogP) is 3.02. The summed E-state index contributed by atoms with van der Waals surface area (Å²) in [5, 5.41) is 12.4. The summed E-state index contributed by atoms with van der Waals surface area (Å²) >= 11 is 0. The zero-order chi connectivity index (χ0) is 13.1. The molecule has 0 radical (unpaired) electrons. The maximum atomic E-state index is 9.19. The summed E-state index contributed by atoms with van der Waals surface area (Å²) in [7, 11) is 0. The van der Waals surface area contributed by atoms with Gasteiger partial charge in [-0.15, -0.1) is 0 Å². The number of nitriles is 1. The minimum atomic E-state index is 0.573. The Balaban J connectivity index is 2.47. The van der Waals surface area contributed by atoms with Crippen LogP contribution in [0.25, 0.3) is 0 Å². The van der Waals surface area contributed by atoms with Crippen molar-refractivity contribution < 1.29 is 0 Å². The Kier molecular flexibility index (Phi) is 3.24. The van der Waals surface area contributed by atoms with Gasteiger partial charge < -0.3 is 5.32 Å². The average molecular weight is 238 g/mol. The number of hydrogen-bond acceptors (Lipinski definition) is 4. The highest BCUT2D eigenvalue weighted by Gasteiger charge is 2.09. The molecule has 0 aromatic carbocycles. The van der Waals surface area contributed by atoms with Crippen LogP contribution in [0.15, 0.2) is 24.5 Å². The number of aromatic nitrogens is 2. The van der Waals surface area contributed by atoms with Gasteiger partial charge in [0.15, 0.2) is 0 Å². The maximum Gasteiger partial charge on any atom is 0.103 e. The first kappa shape index (κ1) is 12.1. The van der Waals surface area contributed by atoms with Crippen molar-refractivity contribution in [1.29, 1.82) is 5.26 Å². The van der Waals surface area contributed by atoms with Gasteiger partial charge in [0.1, 0.15) is 6.07 Å². The molecule has 1 N–H and O–H groups in total. The number of hydrogen-bond donors (Lipinski definition) is 1. The van der Waals surface area contributed by atoms with E-state index < -0.39 is 0 Å². The molecular weight excluding hydrogens is 224 g/mol. The molecule has 0 aliphatic carbocycles. The largest absolute Gasteiger partial charge is 0.353 e. The molecular formula is C14H14N4. The lowest BCUT2D eigenvalue weighted by Gasteiger charge is -2.12. The summed E-state index contributed by atoms with van der Waals surface area (Å²) < 4.78 is 0. The van der Waals surface area contributed by atoms with Gasteiger partial charge in [-0.05, 0) is 38.5 Å². The van der Waals surface area contributed by atoms with E-state index in [0.717, 1.165) is 28.3 Å². The molecule has 0 fully saturated rings. The normalized spacial score (nSPS) is 9.89. The van der Waals surface area contributed by atoms with Crippen molar-refractivity contribution in [3.05, 3.63) is 47.0 Å². The SMILES string of the molecule is Cc1cc(Nc2cnccc2C)c(C#N)c(C)n1. The fourth-order valence-corrected chi connectivity index (χ4v) is 1.81. The highest BCUT2D eigenvalue weighted by atomic mass is 14.9. The Morgan fingerprint density at radius 2 is 2.00 bits per heavy atom. The van der Waals surface area contributed by atoms with Gasteiger partial charge in [0.25, 0.3) is 0 Å². The molecule has 90 valence electrons. The fourth-order valence-electron chi connectivity index (χ4n) is 1.81. The Hall–Kier alpha value is -2.41. The number of pyridine rings is 2. The molecule has 4 nitrogen and oxygen atoms in total. The van der Waals surface area contributed by atoms with Crippen molar-refractivity contribution in [2.45, 2.75) is 20.8 Å². The van der Waals surface area contributed by atoms with Crippen LogP contribution in [-0.2, 0) is 0 Å². The predicted molar refractivity (Wildman–Crippen MR) is 70.7 cm³/mol. The third kappa shape index (κ3) is 2.30. The molecule has 0 aliphatic rings. The van der Waals surface area contributed by atoms with Gasteiger partial charge in [0.05, 0.1) is 28.8 Å². The van der Waals surface area contributed by atoms with Crippen LogP contribution in [0.4, 0.5) is 11.4 Å². The van der Waals surface area contributed by atoms with Crippen LogP contribution in [0.1, 0.15) is 22.5 Å². The third-order valence-electron chi connectivity index (χ3n) is 2.75. The summed E-state index contributed by atoms with van der Waals surface area (Å²) in [5.41, 5.74) is 4.96. The summed E-state index contributed by atoms with van der Waals surface area (Å²) in [6.07, 6.45) is 3.50. The first-order chi connectivity index (χ1) is 8.61. The maximum absolute atomic E-state index is 9.19. The molecule has 0 amide bonds. The average Bonchev–Trinajstić information content (AvgIpc) is 2.31. The third-order valence-corrected chi connectivity index (χ3v) is 2.75. The number of rotatable bonds is 2. The van der Waals surface area contributed by atoms with Gasteiger partial charge >= 0.3 is 0 Å². The van der Waals surface area contributed by atoms with E-state index >= 15 is 0 Å². The highest BCUT2D eigenvalue weighted by molar-refractivity contribution is 5.69. The summed E-state index contributed by atoms with van der Waals surface area (Å²) in [4.78, 5) is 8.37. The highest BCUT2D eigenvalue weighted by Crippen LogP contribution is 2.24. The van der Waals surface area contributed by atoms with E-state index in [9.17, 15) is 5.26 Å².